The summed E-state index contributed by atoms with van der Waals surface area (Å²) in [5, 5.41) is 7.23. The largest absolute Gasteiger partial charge is 0.362 e. The van der Waals surface area contributed by atoms with E-state index in [1.807, 2.05) is 23.6 Å². The van der Waals surface area contributed by atoms with Crippen LogP contribution in [0.1, 0.15) is 15.2 Å². The van der Waals surface area contributed by atoms with Crippen molar-refractivity contribution in [1.29, 1.82) is 0 Å². The lowest BCUT2D eigenvalue weighted by Crippen LogP contribution is -2.02. The summed E-state index contributed by atoms with van der Waals surface area (Å²) in [6, 6.07) is 15.4. The van der Waals surface area contributed by atoms with Gasteiger partial charge in [0.15, 0.2) is 0 Å². The third-order valence-electron chi connectivity index (χ3n) is 4.11. The number of hydrogen-bond acceptors (Lipinski definition) is 4. The van der Waals surface area contributed by atoms with Crippen LogP contribution in [0, 0.1) is 5.82 Å². The molecule has 2 aromatic carbocycles. The molecule has 0 saturated carbocycles. The molecule has 0 atom stereocenters. The minimum atomic E-state index is -0.331. The third-order valence-corrected chi connectivity index (χ3v) is 4.98. The van der Waals surface area contributed by atoms with Crippen molar-refractivity contribution < 1.29 is 13.9 Å². The quantitative estimate of drug-likeness (QED) is 0.479. The number of hydrogen-bond donors (Lipinski definition) is 0. The van der Waals surface area contributed by atoms with Crippen LogP contribution >= 0.6 is 11.3 Å². The van der Waals surface area contributed by atoms with Gasteiger partial charge in [-0.15, -0.1) is 11.3 Å². The molecule has 0 amide bonds. The fourth-order valence-corrected chi connectivity index (χ4v) is 3.63. The molecule has 130 valence electrons. The van der Waals surface area contributed by atoms with Crippen molar-refractivity contribution in [3.05, 3.63) is 76.2 Å². The van der Waals surface area contributed by atoms with Crippen LogP contribution in [0.3, 0.4) is 0 Å². The second kappa shape index (κ2) is 6.82. The van der Waals surface area contributed by atoms with E-state index in [4.69, 9.17) is 4.74 Å². The molecule has 4 rings (SSSR count). The van der Waals surface area contributed by atoms with Gasteiger partial charge in [-0.25, -0.2) is 9.07 Å². The Morgan fingerprint density at radius 3 is 2.81 bits per heavy atom. The molecule has 2 heterocycles. The number of ketones is 1. The Balaban J connectivity index is 1.90. The van der Waals surface area contributed by atoms with Crippen LogP contribution in [0.25, 0.3) is 22.2 Å². The molecule has 4 aromatic rings. The number of carbonyl (C=O) groups excluding carboxylic acids is 1. The molecule has 0 unspecified atom stereocenters. The van der Waals surface area contributed by atoms with Gasteiger partial charge in [-0.2, -0.15) is 5.10 Å². The van der Waals surface area contributed by atoms with E-state index in [0.29, 0.717) is 21.7 Å². The minimum absolute atomic E-state index is 0.0356. The first kappa shape index (κ1) is 16.6. The number of rotatable bonds is 5. The highest BCUT2D eigenvalue weighted by Crippen LogP contribution is 2.30. The van der Waals surface area contributed by atoms with E-state index in [9.17, 15) is 9.18 Å². The Labute approximate surface area is 153 Å². The second-order valence-electron chi connectivity index (χ2n) is 5.81. The van der Waals surface area contributed by atoms with Gasteiger partial charge < -0.3 is 4.74 Å². The number of methoxy groups -OCH3 is 1. The molecular formula is C20H15FN2O2S. The average Bonchev–Trinajstić information content (AvgIpc) is 3.30. The van der Waals surface area contributed by atoms with E-state index in [2.05, 4.69) is 5.10 Å². The third kappa shape index (κ3) is 2.94. The zero-order valence-corrected chi connectivity index (χ0v) is 14.8. The minimum Gasteiger partial charge on any atom is -0.362 e. The topological polar surface area (TPSA) is 44.1 Å². The number of aromatic nitrogens is 2. The maximum atomic E-state index is 13.7. The zero-order valence-electron chi connectivity index (χ0n) is 14.0. The molecule has 0 saturated heterocycles. The Hall–Kier alpha value is -2.83. The predicted molar refractivity (Wildman–Crippen MR) is 99.9 cm³/mol. The van der Waals surface area contributed by atoms with Crippen molar-refractivity contribution in [2.75, 3.05) is 7.11 Å². The number of benzene rings is 2. The zero-order chi connectivity index (χ0) is 18.1. The second-order valence-corrected chi connectivity index (χ2v) is 6.76. The van der Waals surface area contributed by atoms with Crippen LogP contribution in [0.4, 0.5) is 4.39 Å². The van der Waals surface area contributed by atoms with Gasteiger partial charge in [-0.1, -0.05) is 18.2 Å². The smallest absolute Gasteiger partial charge is 0.202 e. The van der Waals surface area contributed by atoms with Crippen molar-refractivity contribution in [3.8, 4) is 11.3 Å². The first-order valence-electron chi connectivity index (χ1n) is 8.01. The lowest BCUT2D eigenvalue weighted by molar-refractivity contribution is 0.104. The lowest BCUT2D eigenvalue weighted by atomic mass is 10.0. The van der Waals surface area contributed by atoms with Gasteiger partial charge in [0.05, 0.1) is 10.4 Å². The molecule has 26 heavy (non-hydrogen) atoms. The summed E-state index contributed by atoms with van der Waals surface area (Å²) in [6.45, 7) is 0.268. The van der Waals surface area contributed by atoms with Gasteiger partial charge in [-0.3, -0.25) is 4.79 Å². The number of nitrogens with zero attached hydrogens (tertiary/aromatic N) is 2. The Kier molecular flexibility index (Phi) is 4.36. The molecule has 0 N–H and O–H groups in total. The molecule has 0 aliphatic rings. The maximum absolute atomic E-state index is 13.7. The van der Waals surface area contributed by atoms with E-state index < -0.39 is 0 Å². The Morgan fingerprint density at radius 2 is 2.08 bits per heavy atom. The summed E-state index contributed by atoms with van der Waals surface area (Å²) in [5.41, 5.74) is 2.69. The predicted octanol–water partition coefficient (Wildman–Crippen LogP) is 4.74. The van der Waals surface area contributed by atoms with E-state index in [1.165, 1.54) is 23.5 Å². The fourth-order valence-electron chi connectivity index (χ4n) is 2.94. The van der Waals surface area contributed by atoms with Crippen LogP contribution in [-0.4, -0.2) is 22.7 Å². The van der Waals surface area contributed by atoms with Crippen LogP contribution in [-0.2, 0) is 11.5 Å². The SMILES string of the molecule is COCn1nc(-c2cccc(F)c2)c2cc(C(=O)c3cccs3)ccc21. The van der Waals surface area contributed by atoms with Crippen LogP contribution < -0.4 is 0 Å². The van der Waals surface area contributed by atoms with E-state index in [-0.39, 0.29) is 18.3 Å². The number of ether oxygens (including phenoxy) is 1. The van der Waals surface area contributed by atoms with E-state index >= 15 is 0 Å². The average molecular weight is 366 g/mol. The van der Waals surface area contributed by atoms with Crippen molar-refractivity contribution >= 4 is 28.0 Å². The number of carbonyl (C=O) groups is 1. The van der Waals surface area contributed by atoms with Crippen molar-refractivity contribution in [1.82, 2.24) is 9.78 Å². The lowest BCUT2D eigenvalue weighted by Gasteiger charge is -2.02. The number of halogens is 1. The summed E-state index contributed by atoms with van der Waals surface area (Å²) < 4.78 is 20.6. The molecule has 0 aliphatic heterocycles. The van der Waals surface area contributed by atoms with Gasteiger partial charge >= 0.3 is 0 Å². The molecule has 0 aliphatic carbocycles. The molecule has 4 nitrogen and oxygen atoms in total. The molecule has 2 aromatic heterocycles. The van der Waals surface area contributed by atoms with Crippen molar-refractivity contribution in [3.63, 3.8) is 0 Å². The number of fused-ring (bicyclic) bond motifs is 1. The van der Waals surface area contributed by atoms with Gasteiger partial charge in [0.2, 0.25) is 5.78 Å². The van der Waals surface area contributed by atoms with Crippen LogP contribution in [0.15, 0.2) is 60.0 Å². The first-order valence-corrected chi connectivity index (χ1v) is 8.89. The van der Waals surface area contributed by atoms with Gasteiger partial charge in [0.1, 0.15) is 18.2 Å². The highest BCUT2D eigenvalue weighted by molar-refractivity contribution is 7.12. The maximum Gasteiger partial charge on any atom is 0.202 e. The van der Waals surface area contributed by atoms with E-state index in [1.54, 1.807) is 36.1 Å². The fraction of sp³-hybridized carbons (Fsp3) is 0.100. The van der Waals surface area contributed by atoms with Crippen LogP contribution in [0.5, 0.6) is 0 Å². The number of thiophene rings is 1. The molecule has 0 fully saturated rings. The van der Waals surface area contributed by atoms with Gasteiger partial charge in [0, 0.05) is 23.6 Å². The monoisotopic (exact) mass is 366 g/mol. The standard InChI is InChI=1S/C20H15FN2O2S/c1-25-12-23-17-8-7-14(20(24)18-6-3-9-26-18)11-16(17)19(22-23)13-4-2-5-15(21)10-13/h2-11H,12H2,1H3. The highest BCUT2D eigenvalue weighted by atomic mass is 32.1. The molecule has 0 radical (unpaired) electrons. The van der Waals surface area contributed by atoms with Gasteiger partial charge in [0.25, 0.3) is 0 Å². The van der Waals surface area contributed by atoms with E-state index in [0.717, 1.165) is 10.9 Å². The Bertz CT molecular complexity index is 1090. The first-order chi connectivity index (χ1) is 12.7. The summed E-state index contributed by atoms with van der Waals surface area (Å²) in [4.78, 5) is 13.4. The van der Waals surface area contributed by atoms with Gasteiger partial charge in [-0.05, 0) is 41.8 Å². The highest BCUT2D eigenvalue weighted by Gasteiger charge is 2.17. The summed E-state index contributed by atoms with van der Waals surface area (Å²) in [7, 11) is 1.59. The van der Waals surface area contributed by atoms with Crippen molar-refractivity contribution in [2.24, 2.45) is 0 Å². The summed E-state index contributed by atoms with van der Waals surface area (Å²) in [5.74, 6) is -0.366. The normalized spacial score (nSPS) is 11.2. The molecular weight excluding hydrogens is 351 g/mol. The molecule has 0 bridgehead atoms. The summed E-state index contributed by atoms with van der Waals surface area (Å²) >= 11 is 1.41. The Morgan fingerprint density at radius 1 is 1.19 bits per heavy atom. The van der Waals surface area contributed by atoms with Crippen LogP contribution in [0.2, 0.25) is 0 Å². The molecule has 0 spiro atoms. The molecule has 6 heteroatoms. The van der Waals surface area contributed by atoms with Crippen molar-refractivity contribution in [2.45, 2.75) is 6.73 Å². The summed E-state index contributed by atoms with van der Waals surface area (Å²) in [6.07, 6.45) is 0.